The van der Waals surface area contributed by atoms with Crippen LogP contribution in [-0.2, 0) is 0 Å². The number of hydrogen-bond acceptors (Lipinski definition) is 3. The Labute approximate surface area is 187 Å². The van der Waals surface area contributed by atoms with E-state index in [4.69, 9.17) is 0 Å². The molecule has 1 heterocycles. The normalized spacial score (nSPS) is 15.6. The van der Waals surface area contributed by atoms with Crippen molar-refractivity contribution in [2.75, 3.05) is 46.3 Å². The predicted molar refractivity (Wildman–Crippen MR) is 128 cm³/mol. The maximum atomic E-state index is 12.1. The van der Waals surface area contributed by atoms with E-state index >= 15 is 0 Å². The number of aryl methyl sites for hydroxylation is 1. The predicted octanol–water partition coefficient (Wildman–Crippen LogP) is 2.63. The first-order valence-corrected chi connectivity index (χ1v) is 10.1. The Balaban J connectivity index is 0.00000392. The SMILES string of the molecule is CN=C(NCCCN1CCC(C)CC1)NCCNC(=O)c1cccc(C)c1.I. The molecule has 0 aromatic heterocycles. The van der Waals surface area contributed by atoms with Crippen LogP contribution in [0.5, 0.6) is 0 Å². The quantitative estimate of drug-likeness (QED) is 0.222. The molecule has 158 valence electrons. The Hall–Kier alpha value is -1.35. The maximum Gasteiger partial charge on any atom is 0.251 e. The van der Waals surface area contributed by atoms with Crippen LogP contribution in [-0.4, -0.2) is 63.1 Å². The van der Waals surface area contributed by atoms with Gasteiger partial charge in [0, 0.05) is 32.2 Å². The van der Waals surface area contributed by atoms with Crippen molar-refractivity contribution in [2.24, 2.45) is 10.9 Å². The van der Waals surface area contributed by atoms with Gasteiger partial charge in [-0.2, -0.15) is 0 Å². The molecule has 3 N–H and O–H groups in total. The van der Waals surface area contributed by atoms with Crippen molar-refractivity contribution in [3.8, 4) is 0 Å². The molecular weight excluding hydrogens is 465 g/mol. The van der Waals surface area contributed by atoms with Crippen LogP contribution in [0.15, 0.2) is 29.3 Å². The first-order valence-electron chi connectivity index (χ1n) is 10.1. The van der Waals surface area contributed by atoms with E-state index < -0.39 is 0 Å². The molecule has 0 radical (unpaired) electrons. The zero-order chi connectivity index (χ0) is 19.5. The molecule has 0 unspecified atom stereocenters. The molecule has 0 bridgehead atoms. The molecular formula is C21H36IN5O. The van der Waals surface area contributed by atoms with Crippen molar-refractivity contribution in [3.05, 3.63) is 35.4 Å². The number of carbonyl (C=O) groups is 1. The second-order valence-corrected chi connectivity index (χ2v) is 7.43. The minimum absolute atomic E-state index is 0. The molecule has 1 aromatic carbocycles. The highest BCUT2D eigenvalue weighted by atomic mass is 127. The first-order chi connectivity index (χ1) is 13.1. The van der Waals surface area contributed by atoms with Crippen molar-refractivity contribution in [1.29, 1.82) is 0 Å². The van der Waals surface area contributed by atoms with Crippen LogP contribution in [0.1, 0.15) is 42.1 Å². The highest BCUT2D eigenvalue weighted by Gasteiger charge is 2.14. The molecule has 6 nitrogen and oxygen atoms in total. The fraction of sp³-hybridized carbons (Fsp3) is 0.619. The number of benzene rings is 1. The molecule has 1 amide bonds. The van der Waals surface area contributed by atoms with Gasteiger partial charge in [-0.15, -0.1) is 24.0 Å². The van der Waals surface area contributed by atoms with Gasteiger partial charge in [0.2, 0.25) is 0 Å². The second-order valence-electron chi connectivity index (χ2n) is 7.43. The number of hydrogen-bond donors (Lipinski definition) is 3. The number of carbonyl (C=O) groups excluding carboxylic acids is 1. The summed E-state index contributed by atoms with van der Waals surface area (Å²) in [5.74, 6) is 1.63. The standard InChI is InChI=1S/C21H35N5O.HI/c1-17-8-14-26(15-9-17)13-5-10-24-21(22-3)25-12-11-23-20(27)19-7-4-6-18(2)16-19;/h4,6-7,16-17H,5,8-15H2,1-3H3,(H,23,27)(H2,22,24,25);1H. The zero-order valence-electron chi connectivity index (χ0n) is 17.5. The number of likely N-dealkylation sites (tertiary alicyclic amines) is 1. The van der Waals surface area contributed by atoms with E-state index in [0.717, 1.165) is 37.0 Å². The van der Waals surface area contributed by atoms with Crippen molar-refractivity contribution in [2.45, 2.75) is 33.1 Å². The Morgan fingerprint density at radius 3 is 2.50 bits per heavy atom. The highest BCUT2D eigenvalue weighted by molar-refractivity contribution is 14.0. The first kappa shape index (κ1) is 24.7. The number of amides is 1. The number of guanidine groups is 1. The molecule has 1 fully saturated rings. The minimum Gasteiger partial charge on any atom is -0.356 e. The van der Waals surface area contributed by atoms with Gasteiger partial charge in [0.25, 0.3) is 5.91 Å². The van der Waals surface area contributed by atoms with Gasteiger partial charge < -0.3 is 20.9 Å². The van der Waals surface area contributed by atoms with Gasteiger partial charge in [0.05, 0.1) is 0 Å². The van der Waals surface area contributed by atoms with Gasteiger partial charge in [-0.25, -0.2) is 0 Å². The lowest BCUT2D eigenvalue weighted by atomic mass is 9.99. The van der Waals surface area contributed by atoms with E-state index in [2.05, 4.69) is 32.8 Å². The van der Waals surface area contributed by atoms with Crippen LogP contribution in [0.4, 0.5) is 0 Å². The third kappa shape index (κ3) is 9.23. The molecule has 1 aromatic rings. The van der Waals surface area contributed by atoms with E-state index in [1.807, 2.05) is 31.2 Å². The summed E-state index contributed by atoms with van der Waals surface area (Å²) in [5.41, 5.74) is 1.79. The van der Waals surface area contributed by atoms with Crippen molar-refractivity contribution >= 4 is 35.8 Å². The summed E-state index contributed by atoms with van der Waals surface area (Å²) in [7, 11) is 1.77. The van der Waals surface area contributed by atoms with Crippen molar-refractivity contribution in [1.82, 2.24) is 20.9 Å². The van der Waals surface area contributed by atoms with Crippen LogP contribution < -0.4 is 16.0 Å². The van der Waals surface area contributed by atoms with Gasteiger partial charge >= 0.3 is 0 Å². The zero-order valence-corrected chi connectivity index (χ0v) is 19.8. The Morgan fingerprint density at radius 1 is 1.14 bits per heavy atom. The number of aliphatic imine (C=N–C) groups is 1. The molecule has 0 saturated carbocycles. The molecule has 0 aliphatic carbocycles. The smallest absolute Gasteiger partial charge is 0.251 e. The molecule has 7 heteroatoms. The number of nitrogens with zero attached hydrogens (tertiary/aromatic N) is 2. The van der Waals surface area contributed by atoms with E-state index in [0.29, 0.717) is 18.7 Å². The summed E-state index contributed by atoms with van der Waals surface area (Å²) in [6, 6.07) is 7.62. The monoisotopic (exact) mass is 501 g/mol. The van der Waals surface area contributed by atoms with Crippen molar-refractivity contribution < 1.29 is 4.79 Å². The number of rotatable bonds is 8. The topological polar surface area (TPSA) is 68.8 Å². The molecule has 2 rings (SSSR count). The lowest BCUT2D eigenvalue weighted by Gasteiger charge is -2.30. The van der Waals surface area contributed by atoms with Crippen LogP contribution in [0, 0.1) is 12.8 Å². The summed E-state index contributed by atoms with van der Waals surface area (Å²) < 4.78 is 0. The Morgan fingerprint density at radius 2 is 1.82 bits per heavy atom. The van der Waals surface area contributed by atoms with Gasteiger partial charge in [-0.3, -0.25) is 9.79 Å². The minimum atomic E-state index is -0.0423. The largest absolute Gasteiger partial charge is 0.356 e. The van der Waals surface area contributed by atoms with E-state index in [1.54, 1.807) is 7.05 Å². The summed E-state index contributed by atoms with van der Waals surface area (Å²) in [6.45, 7) is 10.0. The molecule has 1 aliphatic rings. The molecule has 1 saturated heterocycles. The van der Waals surface area contributed by atoms with Gasteiger partial charge in [0.1, 0.15) is 0 Å². The summed E-state index contributed by atoms with van der Waals surface area (Å²) in [4.78, 5) is 18.9. The Kier molecular flexibility index (Phi) is 12.1. The second kappa shape index (κ2) is 13.8. The van der Waals surface area contributed by atoms with E-state index in [-0.39, 0.29) is 29.9 Å². The third-order valence-electron chi connectivity index (χ3n) is 5.03. The van der Waals surface area contributed by atoms with Gasteiger partial charge in [-0.05, 0) is 63.9 Å². The van der Waals surface area contributed by atoms with Crippen LogP contribution in [0.25, 0.3) is 0 Å². The lowest BCUT2D eigenvalue weighted by Crippen LogP contribution is -2.42. The van der Waals surface area contributed by atoms with E-state index in [9.17, 15) is 4.79 Å². The summed E-state index contributed by atoms with van der Waals surface area (Å²) in [6.07, 6.45) is 3.76. The van der Waals surface area contributed by atoms with Crippen LogP contribution >= 0.6 is 24.0 Å². The van der Waals surface area contributed by atoms with Crippen LogP contribution in [0.2, 0.25) is 0 Å². The molecule has 28 heavy (non-hydrogen) atoms. The third-order valence-corrected chi connectivity index (χ3v) is 5.03. The molecule has 0 spiro atoms. The van der Waals surface area contributed by atoms with E-state index in [1.165, 1.54) is 25.9 Å². The average molecular weight is 501 g/mol. The molecule has 1 aliphatic heterocycles. The summed E-state index contributed by atoms with van der Waals surface area (Å²) >= 11 is 0. The fourth-order valence-electron chi connectivity index (χ4n) is 3.26. The van der Waals surface area contributed by atoms with Gasteiger partial charge in [-0.1, -0.05) is 24.6 Å². The number of halogens is 1. The average Bonchev–Trinajstić information content (AvgIpc) is 2.68. The van der Waals surface area contributed by atoms with Gasteiger partial charge in [0.15, 0.2) is 5.96 Å². The summed E-state index contributed by atoms with van der Waals surface area (Å²) in [5, 5.41) is 9.52. The Bertz CT molecular complexity index is 615. The number of piperidine rings is 1. The maximum absolute atomic E-state index is 12.1. The highest BCUT2D eigenvalue weighted by Crippen LogP contribution is 2.15. The lowest BCUT2D eigenvalue weighted by molar-refractivity contribution is 0.0954. The number of nitrogens with one attached hydrogen (secondary N) is 3. The van der Waals surface area contributed by atoms with Crippen LogP contribution in [0.3, 0.4) is 0 Å². The fourth-order valence-corrected chi connectivity index (χ4v) is 3.26. The molecule has 0 atom stereocenters. The van der Waals surface area contributed by atoms with Crippen molar-refractivity contribution in [3.63, 3.8) is 0 Å².